The number of carbonyl (C=O) groups excluding carboxylic acids is 1. The van der Waals surface area contributed by atoms with Crippen molar-refractivity contribution >= 4 is 24.0 Å². The lowest BCUT2D eigenvalue weighted by Gasteiger charge is -2.04. The molecule has 80 valence electrons. The quantitative estimate of drug-likeness (QED) is 0.567. The lowest BCUT2D eigenvalue weighted by atomic mass is 10.0. The monoisotopic (exact) mass is 226 g/mol. The first-order valence-corrected chi connectivity index (χ1v) is 5.04. The van der Waals surface area contributed by atoms with Gasteiger partial charge in [0.25, 0.3) is 0 Å². The van der Waals surface area contributed by atoms with Gasteiger partial charge in [0.15, 0.2) is 0 Å². The van der Waals surface area contributed by atoms with E-state index in [0.29, 0.717) is 16.2 Å². The molecule has 1 aromatic carbocycles. The smallest absolute Gasteiger partial charge is 0.146 e. The van der Waals surface area contributed by atoms with Gasteiger partial charge in [-0.15, -0.1) is 0 Å². The number of hydrogen-bond acceptors (Lipinski definition) is 1. The first-order chi connectivity index (χ1) is 7.04. The molecule has 3 heteroatoms. The average molecular weight is 227 g/mol. The van der Waals surface area contributed by atoms with Crippen molar-refractivity contribution in [3.63, 3.8) is 0 Å². The van der Waals surface area contributed by atoms with E-state index in [1.807, 2.05) is 13.8 Å². The number of allylic oxidation sites excluding steroid dienone is 1. The van der Waals surface area contributed by atoms with E-state index in [2.05, 4.69) is 0 Å². The first-order valence-electron chi connectivity index (χ1n) is 4.66. The summed E-state index contributed by atoms with van der Waals surface area (Å²) in [5.74, 6) is -0.333. The second-order valence-electron chi connectivity index (χ2n) is 3.58. The maximum absolute atomic E-state index is 13.4. The number of benzene rings is 1. The van der Waals surface area contributed by atoms with Gasteiger partial charge in [-0.05, 0) is 29.7 Å². The highest BCUT2D eigenvalue weighted by molar-refractivity contribution is 6.30. The Morgan fingerprint density at radius 2 is 2.13 bits per heavy atom. The van der Waals surface area contributed by atoms with Gasteiger partial charge >= 0.3 is 0 Å². The Morgan fingerprint density at radius 1 is 1.47 bits per heavy atom. The average Bonchev–Trinajstić information content (AvgIpc) is 2.16. The maximum Gasteiger partial charge on any atom is 0.146 e. The van der Waals surface area contributed by atoms with E-state index in [-0.39, 0.29) is 5.92 Å². The second-order valence-corrected chi connectivity index (χ2v) is 4.02. The molecule has 0 radical (unpaired) electrons. The Bertz CT molecular complexity index is 397. The summed E-state index contributed by atoms with van der Waals surface area (Å²) in [6.07, 6.45) is 2.29. The summed E-state index contributed by atoms with van der Waals surface area (Å²) in [4.78, 5) is 10.7. The van der Waals surface area contributed by atoms with Crippen LogP contribution < -0.4 is 0 Å². The molecule has 0 amide bonds. The van der Waals surface area contributed by atoms with E-state index in [0.717, 1.165) is 6.29 Å². The zero-order valence-corrected chi connectivity index (χ0v) is 9.38. The third kappa shape index (κ3) is 3.17. The summed E-state index contributed by atoms with van der Waals surface area (Å²) in [5.41, 5.74) is 0.950. The van der Waals surface area contributed by atoms with Gasteiger partial charge in [-0.25, -0.2) is 4.39 Å². The molecule has 1 rings (SSSR count). The largest absolute Gasteiger partial charge is 0.298 e. The summed E-state index contributed by atoms with van der Waals surface area (Å²) in [6.45, 7) is 3.77. The van der Waals surface area contributed by atoms with Crippen molar-refractivity contribution < 1.29 is 9.18 Å². The molecule has 0 bridgehead atoms. The van der Waals surface area contributed by atoms with Gasteiger partial charge in [-0.1, -0.05) is 31.5 Å². The zero-order valence-electron chi connectivity index (χ0n) is 8.63. The molecular weight excluding hydrogens is 215 g/mol. The Hall–Kier alpha value is -1.15. The van der Waals surface area contributed by atoms with Crippen LogP contribution in [-0.2, 0) is 4.79 Å². The minimum absolute atomic E-state index is 0.0811. The second kappa shape index (κ2) is 5.08. The molecule has 0 aliphatic rings. The third-order valence-electron chi connectivity index (χ3n) is 2.09. The number of aldehydes is 1. The summed E-state index contributed by atoms with van der Waals surface area (Å²) in [7, 11) is 0. The van der Waals surface area contributed by atoms with Gasteiger partial charge < -0.3 is 0 Å². The first kappa shape index (κ1) is 11.9. The van der Waals surface area contributed by atoms with E-state index in [1.54, 1.807) is 18.2 Å². The Kier molecular flexibility index (Phi) is 4.04. The van der Waals surface area contributed by atoms with Crippen molar-refractivity contribution in [2.24, 2.45) is 5.92 Å². The lowest BCUT2D eigenvalue weighted by Crippen LogP contribution is -1.95. The highest BCUT2D eigenvalue weighted by Gasteiger charge is 2.05. The predicted octanol–water partition coefficient (Wildman–Crippen LogP) is 3.72. The van der Waals surface area contributed by atoms with Crippen LogP contribution in [0.25, 0.3) is 6.08 Å². The standard InChI is InChI=1S/C12H12ClFO/c1-8(2)10(7-15)5-9-3-4-11(13)6-12(9)14/h3-8H,1-2H3/b10-5+. The van der Waals surface area contributed by atoms with Crippen molar-refractivity contribution in [3.8, 4) is 0 Å². The number of halogens is 2. The molecule has 0 N–H and O–H groups in total. The molecule has 0 aromatic heterocycles. The van der Waals surface area contributed by atoms with E-state index >= 15 is 0 Å². The van der Waals surface area contributed by atoms with Crippen molar-refractivity contribution in [1.29, 1.82) is 0 Å². The molecule has 0 aliphatic heterocycles. The van der Waals surface area contributed by atoms with E-state index in [4.69, 9.17) is 11.6 Å². The van der Waals surface area contributed by atoms with Gasteiger partial charge in [0, 0.05) is 10.6 Å². The number of rotatable bonds is 3. The molecule has 1 nitrogen and oxygen atoms in total. The molecule has 0 spiro atoms. The van der Waals surface area contributed by atoms with Crippen LogP contribution in [0.15, 0.2) is 23.8 Å². The van der Waals surface area contributed by atoms with Crippen LogP contribution in [0.4, 0.5) is 4.39 Å². The van der Waals surface area contributed by atoms with E-state index < -0.39 is 5.82 Å². The van der Waals surface area contributed by atoms with Crippen LogP contribution >= 0.6 is 11.6 Å². The van der Waals surface area contributed by atoms with Gasteiger partial charge in [0.1, 0.15) is 12.1 Å². The van der Waals surface area contributed by atoms with Gasteiger partial charge in [-0.3, -0.25) is 4.79 Å². The fraction of sp³-hybridized carbons (Fsp3) is 0.250. The van der Waals surface area contributed by atoms with Crippen LogP contribution in [0, 0.1) is 11.7 Å². The SMILES string of the molecule is CC(C)/C(C=O)=C/c1ccc(Cl)cc1F. The Balaban J connectivity index is 3.11. The summed E-state index contributed by atoms with van der Waals surface area (Å²) >= 11 is 5.62. The van der Waals surface area contributed by atoms with Crippen LogP contribution in [0.2, 0.25) is 5.02 Å². The van der Waals surface area contributed by atoms with Crippen molar-refractivity contribution in [2.45, 2.75) is 13.8 Å². The third-order valence-corrected chi connectivity index (χ3v) is 2.32. The fourth-order valence-electron chi connectivity index (χ4n) is 1.13. The van der Waals surface area contributed by atoms with E-state index in [9.17, 15) is 9.18 Å². The zero-order chi connectivity index (χ0) is 11.4. The van der Waals surface area contributed by atoms with Gasteiger partial charge in [0.2, 0.25) is 0 Å². The summed E-state index contributed by atoms with van der Waals surface area (Å²) < 4.78 is 13.4. The molecule has 0 saturated carbocycles. The van der Waals surface area contributed by atoms with Gasteiger partial charge in [-0.2, -0.15) is 0 Å². The normalized spacial score (nSPS) is 11.9. The highest BCUT2D eigenvalue weighted by atomic mass is 35.5. The van der Waals surface area contributed by atoms with Crippen molar-refractivity contribution in [3.05, 3.63) is 40.2 Å². The minimum atomic E-state index is -0.414. The molecule has 1 aromatic rings. The van der Waals surface area contributed by atoms with E-state index in [1.165, 1.54) is 6.07 Å². The Morgan fingerprint density at radius 3 is 2.60 bits per heavy atom. The molecule has 0 heterocycles. The van der Waals surface area contributed by atoms with Crippen molar-refractivity contribution in [2.75, 3.05) is 0 Å². The fourth-order valence-corrected chi connectivity index (χ4v) is 1.29. The maximum atomic E-state index is 13.4. The molecular formula is C12H12ClFO. The predicted molar refractivity (Wildman–Crippen MR) is 60.3 cm³/mol. The van der Waals surface area contributed by atoms with Crippen LogP contribution in [-0.4, -0.2) is 6.29 Å². The lowest BCUT2D eigenvalue weighted by molar-refractivity contribution is -0.105. The number of carbonyl (C=O) groups is 1. The number of hydrogen-bond donors (Lipinski definition) is 0. The van der Waals surface area contributed by atoms with Crippen LogP contribution in [0.1, 0.15) is 19.4 Å². The molecule has 0 atom stereocenters. The molecule has 0 saturated heterocycles. The van der Waals surface area contributed by atoms with Crippen LogP contribution in [0.5, 0.6) is 0 Å². The van der Waals surface area contributed by atoms with Gasteiger partial charge in [0.05, 0.1) is 0 Å². The summed E-state index contributed by atoms with van der Waals surface area (Å²) in [5, 5.41) is 0.349. The van der Waals surface area contributed by atoms with Crippen LogP contribution in [0.3, 0.4) is 0 Å². The Labute approximate surface area is 93.6 Å². The molecule has 15 heavy (non-hydrogen) atoms. The molecule has 0 aliphatic carbocycles. The van der Waals surface area contributed by atoms with Crippen molar-refractivity contribution in [1.82, 2.24) is 0 Å². The minimum Gasteiger partial charge on any atom is -0.298 e. The summed E-state index contributed by atoms with van der Waals surface area (Å²) in [6, 6.07) is 4.39. The topological polar surface area (TPSA) is 17.1 Å². The molecule has 0 unspecified atom stereocenters. The molecule has 0 fully saturated rings. The highest BCUT2D eigenvalue weighted by Crippen LogP contribution is 2.19.